The Morgan fingerprint density at radius 1 is 1.38 bits per heavy atom. The molecule has 4 rings (SSSR count). The molecule has 0 saturated carbocycles. The highest BCUT2D eigenvalue weighted by molar-refractivity contribution is 5.95. The molecule has 2 atom stereocenters. The van der Waals surface area contributed by atoms with Gasteiger partial charge in [-0.25, -0.2) is 4.39 Å². The molecule has 2 fully saturated rings. The summed E-state index contributed by atoms with van der Waals surface area (Å²) in [6.07, 6.45) is 3.04. The third-order valence-electron chi connectivity index (χ3n) is 5.91. The van der Waals surface area contributed by atoms with Crippen LogP contribution in [-0.2, 0) is 4.79 Å². The average molecular weight is 395 g/mol. The lowest BCUT2D eigenvalue weighted by molar-refractivity contribution is -0.124. The van der Waals surface area contributed by atoms with Gasteiger partial charge in [0.1, 0.15) is 17.4 Å². The van der Waals surface area contributed by atoms with Crippen LogP contribution < -0.4 is 10.2 Å². The summed E-state index contributed by atoms with van der Waals surface area (Å²) < 4.78 is 14.6. The van der Waals surface area contributed by atoms with Crippen molar-refractivity contribution in [3.8, 4) is 6.07 Å². The lowest BCUT2D eigenvalue weighted by Crippen LogP contribution is -2.52. The molecule has 6 nitrogen and oxygen atoms in total. The number of pyridine rings is 1. The van der Waals surface area contributed by atoms with Gasteiger partial charge >= 0.3 is 0 Å². The second-order valence-corrected chi connectivity index (χ2v) is 8.57. The van der Waals surface area contributed by atoms with Gasteiger partial charge in [0.2, 0.25) is 5.91 Å². The number of rotatable bonds is 4. The van der Waals surface area contributed by atoms with Crippen molar-refractivity contribution in [1.29, 1.82) is 5.26 Å². The lowest BCUT2D eigenvalue weighted by atomic mass is 9.93. The Morgan fingerprint density at radius 3 is 2.90 bits per heavy atom. The van der Waals surface area contributed by atoms with E-state index in [1.807, 2.05) is 12.1 Å². The van der Waals surface area contributed by atoms with E-state index in [-0.39, 0.29) is 17.5 Å². The number of carbonyl (C=O) groups excluding carboxylic acids is 1. The smallest absolute Gasteiger partial charge is 0.220 e. The summed E-state index contributed by atoms with van der Waals surface area (Å²) in [6.45, 7) is 5.49. The van der Waals surface area contributed by atoms with Gasteiger partial charge in [-0.3, -0.25) is 9.78 Å². The molecule has 1 aromatic heterocycles. The number of hydrogen-bond acceptors (Lipinski definition) is 5. The normalized spacial score (nSPS) is 22.9. The number of anilines is 1. The van der Waals surface area contributed by atoms with Gasteiger partial charge in [-0.05, 0) is 43.5 Å². The fraction of sp³-hybridized carbons (Fsp3) is 0.500. The van der Waals surface area contributed by atoms with E-state index in [9.17, 15) is 14.4 Å². The lowest BCUT2D eigenvalue weighted by Gasteiger charge is -2.40. The van der Waals surface area contributed by atoms with Gasteiger partial charge in [0.05, 0.1) is 5.52 Å². The van der Waals surface area contributed by atoms with Gasteiger partial charge < -0.3 is 15.1 Å². The number of nitrogens with one attached hydrogen (secondary N) is 1. The maximum Gasteiger partial charge on any atom is 0.220 e. The van der Waals surface area contributed by atoms with E-state index < -0.39 is 5.82 Å². The van der Waals surface area contributed by atoms with Crippen LogP contribution in [0.1, 0.15) is 25.3 Å². The molecule has 3 heterocycles. The summed E-state index contributed by atoms with van der Waals surface area (Å²) in [4.78, 5) is 21.0. The van der Waals surface area contributed by atoms with E-state index in [0.717, 1.165) is 37.1 Å². The quantitative estimate of drug-likeness (QED) is 0.861. The molecule has 1 aromatic carbocycles. The highest BCUT2D eigenvalue weighted by Crippen LogP contribution is 2.33. The van der Waals surface area contributed by atoms with Crippen molar-refractivity contribution in [2.24, 2.45) is 11.8 Å². The molecule has 29 heavy (non-hydrogen) atoms. The van der Waals surface area contributed by atoms with Crippen molar-refractivity contribution < 1.29 is 9.18 Å². The molecule has 152 valence electrons. The van der Waals surface area contributed by atoms with E-state index in [4.69, 9.17) is 0 Å². The number of hydrogen-bond donors (Lipinski definition) is 1. The van der Waals surface area contributed by atoms with E-state index in [1.165, 1.54) is 6.07 Å². The molecule has 0 bridgehead atoms. The minimum Gasteiger partial charge on any atom is -0.369 e. The van der Waals surface area contributed by atoms with E-state index >= 15 is 0 Å². The number of carbonyl (C=O) groups is 1. The van der Waals surface area contributed by atoms with Crippen LogP contribution in [0.15, 0.2) is 24.4 Å². The minimum absolute atomic E-state index is 0.0227. The summed E-state index contributed by atoms with van der Waals surface area (Å²) in [7, 11) is 2.06. The third-order valence-corrected chi connectivity index (χ3v) is 5.91. The summed E-state index contributed by atoms with van der Waals surface area (Å²) in [5, 5.41) is 13.3. The summed E-state index contributed by atoms with van der Waals surface area (Å²) in [5.41, 5.74) is 1.10. The molecule has 0 aliphatic carbocycles. The third kappa shape index (κ3) is 4.03. The van der Waals surface area contributed by atoms with Crippen molar-refractivity contribution in [1.82, 2.24) is 15.2 Å². The Hall–Kier alpha value is -2.72. The number of piperidine rings is 1. The zero-order valence-corrected chi connectivity index (χ0v) is 16.9. The van der Waals surface area contributed by atoms with Crippen LogP contribution in [0.25, 0.3) is 10.9 Å². The van der Waals surface area contributed by atoms with Crippen LogP contribution in [0.3, 0.4) is 0 Å². The highest BCUT2D eigenvalue weighted by atomic mass is 19.1. The first-order valence-corrected chi connectivity index (χ1v) is 10.1. The number of nitriles is 1. The molecule has 7 heteroatoms. The second kappa shape index (κ2) is 7.96. The number of halogens is 1. The van der Waals surface area contributed by atoms with Gasteiger partial charge in [0, 0.05) is 55.9 Å². The molecule has 2 aliphatic rings. The molecule has 2 aliphatic heterocycles. The standard InChI is InChI=1S/C22H26FN5O/c1-14-6-16(26-21(29)7-15-11-27(2)12-15)13-28(10-14)20-8-19(23)18(9-24)22-17(20)4-3-5-25-22/h3-5,8,14-16H,6-7,10-13H2,1-2H3,(H,26,29). The van der Waals surface area contributed by atoms with Crippen LogP contribution in [-0.4, -0.2) is 55.1 Å². The predicted molar refractivity (Wildman–Crippen MR) is 110 cm³/mol. The number of aromatic nitrogens is 1. The maximum absolute atomic E-state index is 14.6. The summed E-state index contributed by atoms with van der Waals surface area (Å²) >= 11 is 0. The van der Waals surface area contributed by atoms with E-state index in [1.54, 1.807) is 12.3 Å². The van der Waals surface area contributed by atoms with Crippen molar-refractivity contribution in [3.05, 3.63) is 35.8 Å². The predicted octanol–water partition coefficient (Wildman–Crippen LogP) is 2.53. The SMILES string of the molecule is CC1CC(NC(=O)CC2CN(C)C2)CN(c2cc(F)c(C#N)c3ncccc23)C1. The van der Waals surface area contributed by atoms with Gasteiger partial charge in [0.25, 0.3) is 0 Å². The molecule has 2 saturated heterocycles. The average Bonchev–Trinajstić information content (AvgIpc) is 2.65. The fourth-order valence-electron chi connectivity index (χ4n) is 4.72. The first kappa shape index (κ1) is 19.6. The molecular weight excluding hydrogens is 369 g/mol. The van der Waals surface area contributed by atoms with E-state index in [0.29, 0.717) is 30.3 Å². The first-order valence-electron chi connectivity index (χ1n) is 10.1. The van der Waals surface area contributed by atoms with Crippen LogP contribution in [0.4, 0.5) is 10.1 Å². The number of nitrogens with zero attached hydrogens (tertiary/aromatic N) is 4. The zero-order valence-electron chi connectivity index (χ0n) is 16.9. The minimum atomic E-state index is -0.554. The molecule has 1 N–H and O–H groups in total. The largest absolute Gasteiger partial charge is 0.369 e. The first-order chi connectivity index (χ1) is 13.9. The number of fused-ring (bicyclic) bond motifs is 1. The van der Waals surface area contributed by atoms with Crippen LogP contribution in [0, 0.1) is 29.0 Å². The highest BCUT2D eigenvalue weighted by Gasteiger charge is 2.30. The Kier molecular flexibility index (Phi) is 5.37. The zero-order chi connectivity index (χ0) is 20.5. The second-order valence-electron chi connectivity index (χ2n) is 8.57. The number of amides is 1. The van der Waals surface area contributed by atoms with Crippen LogP contribution >= 0.6 is 0 Å². The molecule has 1 amide bonds. The molecular formula is C22H26FN5O. The van der Waals surface area contributed by atoms with Gasteiger partial charge in [-0.2, -0.15) is 5.26 Å². The van der Waals surface area contributed by atoms with Gasteiger partial charge in [-0.15, -0.1) is 0 Å². The molecule has 2 aromatic rings. The van der Waals surface area contributed by atoms with Crippen LogP contribution in [0.5, 0.6) is 0 Å². The number of likely N-dealkylation sites (tertiary alicyclic amines) is 1. The van der Waals surface area contributed by atoms with Gasteiger partial charge in [0.15, 0.2) is 0 Å². The fourth-order valence-corrected chi connectivity index (χ4v) is 4.72. The van der Waals surface area contributed by atoms with Crippen molar-refractivity contribution >= 4 is 22.5 Å². The van der Waals surface area contributed by atoms with Crippen molar-refractivity contribution in [3.63, 3.8) is 0 Å². The molecule has 0 radical (unpaired) electrons. The van der Waals surface area contributed by atoms with Gasteiger partial charge in [-0.1, -0.05) is 6.92 Å². The van der Waals surface area contributed by atoms with Crippen molar-refractivity contribution in [2.45, 2.75) is 25.8 Å². The molecule has 0 spiro atoms. The monoisotopic (exact) mass is 395 g/mol. The summed E-state index contributed by atoms with van der Waals surface area (Å²) in [5.74, 6) is 0.343. The topological polar surface area (TPSA) is 72.3 Å². The summed E-state index contributed by atoms with van der Waals surface area (Å²) in [6, 6.07) is 7.06. The number of benzene rings is 1. The van der Waals surface area contributed by atoms with E-state index in [2.05, 4.69) is 34.1 Å². The van der Waals surface area contributed by atoms with Crippen molar-refractivity contribution in [2.75, 3.05) is 38.1 Å². The molecule has 2 unspecified atom stereocenters. The Bertz CT molecular complexity index is 966. The Balaban J connectivity index is 1.54. The Morgan fingerprint density at radius 2 is 2.17 bits per heavy atom. The van der Waals surface area contributed by atoms with Crippen LogP contribution in [0.2, 0.25) is 0 Å². The Labute approximate surface area is 170 Å². The maximum atomic E-state index is 14.6.